The molecule has 0 aliphatic heterocycles. The van der Waals surface area contributed by atoms with Gasteiger partial charge in [0, 0.05) is 0 Å². The van der Waals surface area contributed by atoms with Gasteiger partial charge in [0.05, 0.1) is 0 Å². The fourth-order valence-electron chi connectivity index (χ4n) is 2.65. The van der Waals surface area contributed by atoms with Crippen molar-refractivity contribution in [1.82, 2.24) is 0 Å². The van der Waals surface area contributed by atoms with Crippen molar-refractivity contribution in [2.75, 3.05) is 0 Å². The van der Waals surface area contributed by atoms with Gasteiger partial charge < -0.3 is 0 Å². The lowest BCUT2D eigenvalue weighted by Crippen LogP contribution is -2.05. The Balaban J connectivity index is 1.83. The molecule has 0 bridgehead atoms. The number of fused-ring (bicyclic) bond motifs is 1. The molecule has 0 unspecified atom stereocenters. The molecule has 0 fully saturated rings. The van der Waals surface area contributed by atoms with Crippen LogP contribution >= 0.6 is 0 Å². The number of hydrogen-bond donors (Lipinski definition) is 0. The summed E-state index contributed by atoms with van der Waals surface area (Å²) in [7, 11) is 0. The van der Waals surface area contributed by atoms with Crippen molar-refractivity contribution in [2.24, 2.45) is 0 Å². The van der Waals surface area contributed by atoms with Gasteiger partial charge in [0.25, 0.3) is 0 Å². The minimum absolute atomic E-state index is 1.20. The summed E-state index contributed by atoms with van der Waals surface area (Å²) in [5, 5.41) is 0. The number of unbranched alkanes of at least 4 members (excludes halogenated alkanes) is 4. The van der Waals surface area contributed by atoms with E-state index in [4.69, 9.17) is 0 Å². The summed E-state index contributed by atoms with van der Waals surface area (Å²) in [6.45, 7) is 2.27. The Morgan fingerprint density at radius 3 is 2.65 bits per heavy atom. The van der Waals surface area contributed by atoms with Crippen LogP contribution in [0.2, 0.25) is 0 Å². The molecule has 0 aromatic heterocycles. The van der Waals surface area contributed by atoms with Crippen LogP contribution in [0.15, 0.2) is 35.9 Å². The molecule has 0 amide bonds. The first kappa shape index (κ1) is 12.4. The van der Waals surface area contributed by atoms with Crippen LogP contribution in [0, 0.1) is 0 Å². The number of allylic oxidation sites excluding steroid dienone is 2. The summed E-state index contributed by atoms with van der Waals surface area (Å²) in [5.41, 5.74) is 4.79. The van der Waals surface area contributed by atoms with Gasteiger partial charge in [0.15, 0.2) is 0 Å². The lowest BCUT2D eigenvalue weighted by Gasteiger charge is -2.18. The van der Waals surface area contributed by atoms with Crippen molar-refractivity contribution in [3.05, 3.63) is 47.0 Å². The molecule has 0 radical (unpaired) electrons. The highest BCUT2D eigenvalue weighted by Crippen LogP contribution is 2.25. The van der Waals surface area contributed by atoms with E-state index >= 15 is 0 Å². The van der Waals surface area contributed by atoms with Gasteiger partial charge in [-0.2, -0.15) is 0 Å². The highest BCUT2D eigenvalue weighted by molar-refractivity contribution is 5.35. The quantitative estimate of drug-likeness (QED) is 0.487. The Morgan fingerprint density at radius 1 is 1.00 bits per heavy atom. The molecule has 2 rings (SSSR count). The third-order valence-electron chi connectivity index (χ3n) is 3.74. The molecule has 0 N–H and O–H groups in total. The summed E-state index contributed by atoms with van der Waals surface area (Å²) in [5.74, 6) is 0. The largest absolute Gasteiger partial charge is 0.0850 e. The van der Waals surface area contributed by atoms with Crippen molar-refractivity contribution in [3.63, 3.8) is 0 Å². The van der Waals surface area contributed by atoms with Crippen LogP contribution in [0.5, 0.6) is 0 Å². The van der Waals surface area contributed by atoms with Crippen molar-refractivity contribution >= 4 is 0 Å². The monoisotopic (exact) mass is 228 g/mol. The molecule has 92 valence electrons. The zero-order valence-electron chi connectivity index (χ0n) is 11.0. The Labute approximate surface area is 106 Å². The average Bonchev–Trinajstić information content (AvgIpc) is 2.38. The lowest BCUT2D eigenvalue weighted by molar-refractivity contribution is 0.670. The number of aryl methyl sites for hydroxylation is 1. The number of hydrogen-bond acceptors (Lipinski definition) is 0. The number of rotatable bonds is 5. The lowest BCUT2D eigenvalue weighted by atomic mass is 9.87. The minimum atomic E-state index is 1.20. The summed E-state index contributed by atoms with van der Waals surface area (Å²) >= 11 is 0. The Kier molecular flexibility index (Phi) is 4.85. The van der Waals surface area contributed by atoms with Crippen molar-refractivity contribution < 1.29 is 0 Å². The molecule has 0 heterocycles. The SMILES string of the molecule is CCCCCCC=C1CCc2ccccc2C1. The Bertz CT molecular complexity index is 373. The first-order chi connectivity index (χ1) is 8.40. The topological polar surface area (TPSA) is 0 Å². The summed E-state index contributed by atoms with van der Waals surface area (Å²) in [6.07, 6.45) is 13.0. The molecule has 1 aromatic carbocycles. The first-order valence-corrected chi connectivity index (χ1v) is 7.15. The molecule has 17 heavy (non-hydrogen) atoms. The molecule has 0 saturated carbocycles. The van der Waals surface area contributed by atoms with Gasteiger partial charge in [-0.05, 0) is 43.2 Å². The molecular formula is C17H24. The smallest absolute Gasteiger partial charge is 0.00643 e. The molecule has 1 aromatic rings. The third-order valence-corrected chi connectivity index (χ3v) is 3.74. The number of benzene rings is 1. The Morgan fingerprint density at radius 2 is 1.82 bits per heavy atom. The van der Waals surface area contributed by atoms with Crippen molar-refractivity contribution in [3.8, 4) is 0 Å². The van der Waals surface area contributed by atoms with Gasteiger partial charge in [-0.3, -0.25) is 0 Å². The van der Waals surface area contributed by atoms with Crippen molar-refractivity contribution in [2.45, 2.75) is 58.3 Å². The van der Waals surface area contributed by atoms with Gasteiger partial charge in [-0.15, -0.1) is 0 Å². The van der Waals surface area contributed by atoms with E-state index in [1.165, 1.54) is 51.4 Å². The average molecular weight is 228 g/mol. The second kappa shape index (κ2) is 6.64. The van der Waals surface area contributed by atoms with E-state index in [1.54, 1.807) is 16.7 Å². The highest BCUT2D eigenvalue weighted by Gasteiger charge is 2.11. The molecule has 0 spiro atoms. The fourth-order valence-corrected chi connectivity index (χ4v) is 2.65. The molecule has 0 saturated heterocycles. The molecule has 0 heteroatoms. The van der Waals surface area contributed by atoms with E-state index in [9.17, 15) is 0 Å². The Hall–Kier alpha value is -1.04. The zero-order valence-corrected chi connectivity index (χ0v) is 11.0. The van der Waals surface area contributed by atoms with Crippen LogP contribution in [0.3, 0.4) is 0 Å². The molecule has 1 aliphatic rings. The first-order valence-electron chi connectivity index (χ1n) is 7.15. The van der Waals surface area contributed by atoms with Crippen LogP contribution in [0.25, 0.3) is 0 Å². The van der Waals surface area contributed by atoms with Crippen LogP contribution < -0.4 is 0 Å². The highest BCUT2D eigenvalue weighted by atomic mass is 14.2. The van der Waals surface area contributed by atoms with E-state index in [2.05, 4.69) is 37.3 Å². The van der Waals surface area contributed by atoms with Gasteiger partial charge >= 0.3 is 0 Å². The maximum absolute atomic E-state index is 2.51. The second-order valence-corrected chi connectivity index (χ2v) is 5.16. The van der Waals surface area contributed by atoms with E-state index in [0.717, 1.165) is 0 Å². The summed E-state index contributed by atoms with van der Waals surface area (Å²) in [6, 6.07) is 8.91. The minimum Gasteiger partial charge on any atom is -0.0850 e. The van der Waals surface area contributed by atoms with Gasteiger partial charge in [-0.25, -0.2) is 0 Å². The van der Waals surface area contributed by atoms with Gasteiger partial charge in [0.2, 0.25) is 0 Å². The molecule has 0 nitrogen and oxygen atoms in total. The second-order valence-electron chi connectivity index (χ2n) is 5.16. The maximum atomic E-state index is 2.51. The zero-order chi connectivity index (χ0) is 11.9. The maximum Gasteiger partial charge on any atom is -0.00643 e. The fraction of sp³-hybridized carbons (Fsp3) is 0.529. The van der Waals surface area contributed by atoms with Crippen LogP contribution in [-0.2, 0) is 12.8 Å². The predicted octanol–water partition coefficient (Wildman–Crippen LogP) is 5.07. The van der Waals surface area contributed by atoms with Gasteiger partial charge in [0.1, 0.15) is 0 Å². The van der Waals surface area contributed by atoms with E-state index < -0.39 is 0 Å². The molecule has 0 atom stereocenters. The summed E-state index contributed by atoms with van der Waals surface area (Å²) < 4.78 is 0. The third kappa shape index (κ3) is 3.73. The van der Waals surface area contributed by atoms with E-state index in [-0.39, 0.29) is 0 Å². The van der Waals surface area contributed by atoms with Crippen LogP contribution in [-0.4, -0.2) is 0 Å². The predicted molar refractivity (Wildman–Crippen MR) is 75.3 cm³/mol. The summed E-state index contributed by atoms with van der Waals surface area (Å²) in [4.78, 5) is 0. The van der Waals surface area contributed by atoms with Crippen molar-refractivity contribution in [1.29, 1.82) is 0 Å². The molecule has 1 aliphatic carbocycles. The van der Waals surface area contributed by atoms with E-state index in [0.29, 0.717) is 0 Å². The normalized spacial score (nSPS) is 17.1. The molecular weight excluding hydrogens is 204 g/mol. The van der Waals surface area contributed by atoms with Gasteiger partial charge in [-0.1, -0.05) is 62.1 Å². The standard InChI is InChI=1S/C17H24/c1-2-3-4-5-6-9-15-12-13-16-10-7-8-11-17(16)14-15/h7-11H,2-6,12-14H2,1H3. The van der Waals surface area contributed by atoms with Crippen LogP contribution in [0.1, 0.15) is 56.6 Å². The van der Waals surface area contributed by atoms with E-state index in [1.807, 2.05) is 0 Å². The van der Waals surface area contributed by atoms with Crippen LogP contribution in [0.4, 0.5) is 0 Å².